The van der Waals surface area contributed by atoms with Crippen LogP contribution < -0.4 is 0 Å². The van der Waals surface area contributed by atoms with Gasteiger partial charge in [-0.1, -0.05) is 0 Å². The SMILES string of the molecule is COCCn1ncc(Br)c1C(=O)c1ccncc1C. The lowest BCUT2D eigenvalue weighted by Gasteiger charge is -2.08. The lowest BCUT2D eigenvalue weighted by Crippen LogP contribution is -2.15. The number of nitrogens with zero attached hydrogens (tertiary/aromatic N) is 3. The zero-order chi connectivity index (χ0) is 13.8. The highest BCUT2D eigenvalue weighted by Crippen LogP contribution is 2.21. The third-order valence-electron chi connectivity index (χ3n) is 2.78. The Morgan fingerprint density at radius 3 is 2.95 bits per heavy atom. The van der Waals surface area contributed by atoms with Crippen LogP contribution in [-0.2, 0) is 11.3 Å². The number of ether oxygens (including phenoxy) is 1. The average Bonchev–Trinajstić information content (AvgIpc) is 2.77. The Labute approximate surface area is 119 Å². The van der Waals surface area contributed by atoms with Crippen LogP contribution in [0.25, 0.3) is 0 Å². The van der Waals surface area contributed by atoms with Gasteiger partial charge in [0, 0.05) is 25.1 Å². The van der Waals surface area contributed by atoms with Crippen molar-refractivity contribution >= 4 is 21.7 Å². The Morgan fingerprint density at radius 1 is 1.47 bits per heavy atom. The molecule has 0 aliphatic rings. The molecule has 0 spiro atoms. The minimum absolute atomic E-state index is 0.0691. The number of hydrogen-bond acceptors (Lipinski definition) is 4. The number of methoxy groups -OCH3 is 1. The van der Waals surface area contributed by atoms with Crippen LogP contribution in [0.5, 0.6) is 0 Å². The molecule has 0 aromatic carbocycles. The fourth-order valence-corrected chi connectivity index (χ4v) is 2.27. The van der Waals surface area contributed by atoms with Gasteiger partial charge in [0.15, 0.2) is 0 Å². The second-order valence-corrected chi connectivity index (χ2v) is 4.93. The van der Waals surface area contributed by atoms with Crippen molar-refractivity contribution in [2.75, 3.05) is 13.7 Å². The summed E-state index contributed by atoms with van der Waals surface area (Å²) >= 11 is 3.37. The van der Waals surface area contributed by atoms with Gasteiger partial charge in [-0.05, 0) is 34.5 Å². The second kappa shape index (κ2) is 6.08. The van der Waals surface area contributed by atoms with E-state index in [2.05, 4.69) is 26.0 Å². The van der Waals surface area contributed by atoms with E-state index in [0.717, 1.165) is 5.56 Å². The van der Waals surface area contributed by atoms with Crippen molar-refractivity contribution in [1.29, 1.82) is 0 Å². The van der Waals surface area contributed by atoms with Gasteiger partial charge in [-0.15, -0.1) is 0 Å². The van der Waals surface area contributed by atoms with Crippen LogP contribution >= 0.6 is 15.9 Å². The predicted molar refractivity (Wildman–Crippen MR) is 74.2 cm³/mol. The smallest absolute Gasteiger partial charge is 0.212 e. The molecule has 2 heterocycles. The molecule has 0 bridgehead atoms. The van der Waals surface area contributed by atoms with E-state index >= 15 is 0 Å². The van der Waals surface area contributed by atoms with E-state index < -0.39 is 0 Å². The highest BCUT2D eigenvalue weighted by Gasteiger charge is 2.20. The highest BCUT2D eigenvalue weighted by atomic mass is 79.9. The van der Waals surface area contributed by atoms with Gasteiger partial charge in [0.2, 0.25) is 5.78 Å². The first kappa shape index (κ1) is 13.9. The van der Waals surface area contributed by atoms with Crippen LogP contribution in [0.2, 0.25) is 0 Å². The predicted octanol–water partition coefficient (Wildman–Crippen LogP) is 2.23. The maximum absolute atomic E-state index is 12.6. The third-order valence-corrected chi connectivity index (χ3v) is 3.36. The zero-order valence-corrected chi connectivity index (χ0v) is 12.3. The van der Waals surface area contributed by atoms with E-state index in [1.54, 1.807) is 36.4 Å². The van der Waals surface area contributed by atoms with E-state index in [1.807, 2.05) is 6.92 Å². The molecule has 5 nitrogen and oxygen atoms in total. The molecule has 0 radical (unpaired) electrons. The molecule has 0 aliphatic carbocycles. The van der Waals surface area contributed by atoms with Gasteiger partial charge in [-0.3, -0.25) is 14.5 Å². The van der Waals surface area contributed by atoms with Gasteiger partial charge in [-0.25, -0.2) is 0 Å². The van der Waals surface area contributed by atoms with Crippen LogP contribution in [0.15, 0.2) is 29.1 Å². The number of ketones is 1. The zero-order valence-electron chi connectivity index (χ0n) is 10.8. The molecule has 2 aromatic rings. The van der Waals surface area contributed by atoms with E-state index in [-0.39, 0.29) is 5.78 Å². The molecule has 100 valence electrons. The molecular weight excluding hydrogens is 310 g/mol. The number of hydrogen-bond donors (Lipinski definition) is 0. The van der Waals surface area contributed by atoms with Crippen LogP contribution in [0, 0.1) is 6.92 Å². The number of aryl methyl sites for hydroxylation is 1. The number of pyridine rings is 1. The van der Waals surface area contributed by atoms with Crippen molar-refractivity contribution in [3.05, 3.63) is 46.0 Å². The Hall–Kier alpha value is -1.53. The Kier molecular flexibility index (Phi) is 4.44. The first-order valence-corrected chi connectivity index (χ1v) is 6.60. The maximum atomic E-state index is 12.6. The molecule has 0 fully saturated rings. The summed E-state index contributed by atoms with van der Waals surface area (Å²) in [5, 5.41) is 4.18. The highest BCUT2D eigenvalue weighted by molar-refractivity contribution is 9.10. The van der Waals surface area contributed by atoms with Crippen LogP contribution in [0.4, 0.5) is 0 Å². The quantitative estimate of drug-likeness (QED) is 0.792. The average molecular weight is 324 g/mol. The molecule has 0 aliphatic heterocycles. The topological polar surface area (TPSA) is 57.0 Å². The summed E-state index contributed by atoms with van der Waals surface area (Å²) in [6.07, 6.45) is 4.92. The van der Waals surface area contributed by atoms with Crippen molar-refractivity contribution < 1.29 is 9.53 Å². The summed E-state index contributed by atoms with van der Waals surface area (Å²) in [6, 6.07) is 1.72. The molecule has 6 heteroatoms. The first-order chi connectivity index (χ1) is 9.15. The lowest BCUT2D eigenvalue weighted by molar-refractivity contribution is 0.102. The monoisotopic (exact) mass is 323 g/mol. The number of aromatic nitrogens is 3. The van der Waals surface area contributed by atoms with Crippen LogP contribution in [0.3, 0.4) is 0 Å². The van der Waals surface area contributed by atoms with Crippen molar-refractivity contribution in [2.45, 2.75) is 13.5 Å². The van der Waals surface area contributed by atoms with E-state index in [9.17, 15) is 4.79 Å². The Morgan fingerprint density at radius 2 is 2.26 bits per heavy atom. The maximum Gasteiger partial charge on any atom is 0.212 e. The van der Waals surface area contributed by atoms with Crippen LogP contribution in [-0.4, -0.2) is 34.3 Å². The molecule has 0 unspecified atom stereocenters. The van der Waals surface area contributed by atoms with Crippen LogP contribution in [0.1, 0.15) is 21.6 Å². The standard InChI is InChI=1S/C13H14BrN3O2/c1-9-7-15-4-3-10(9)13(18)12-11(14)8-16-17(12)5-6-19-2/h3-4,7-8H,5-6H2,1-2H3. The van der Waals surface area contributed by atoms with Gasteiger partial charge in [0.05, 0.1) is 23.8 Å². The number of carbonyl (C=O) groups is 1. The largest absolute Gasteiger partial charge is 0.383 e. The summed E-state index contributed by atoms with van der Waals surface area (Å²) < 4.78 is 7.36. The molecule has 0 saturated heterocycles. The summed E-state index contributed by atoms with van der Waals surface area (Å²) in [4.78, 5) is 16.6. The Balaban J connectivity index is 2.39. The molecule has 19 heavy (non-hydrogen) atoms. The van der Waals surface area contributed by atoms with Gasteiger partial charge in [0.25, 0.3) is 0 Å². The first-order valence-electron chi connectivity index (χ1n) is 5.80. The van der Waals surface area contributed by atoms with E-state index in [0.29, 0.717) is 28.9 Å². The van der Waals surface area contributed by atoms with Gasteiger partial charge in [0.1, 0.15) is 5.69 Å². The molecular formula is C13H14BrN3O2. The summed E-state index contributed by atoms with van der Waals surface area (Å²) in [6.45, 7) is 2.90. The minimum atomic E-state index is -0.0691. The summed E-state index contributed by atoms with van der Waals surface area (Å²) in [5.41, 5.74) is 2.01. The van der Waals surface area contributed by atoms with Gasteiger partial charge >= 0.3 is 0 Å². The third kappa shape index (κ3) is 2.90. The van der Waals surface area contributed by atoms with Gasteiger partial charge < -0.3 is 4.74 Å². The normalized spacial score (nSPS) is 10.7. The van der Waals surface area contributed by atoms with E-state index in [4.69, 9.17) is 4.74 Å². The van der Waals surface area contributed by atoms with Gasteiger partial charge in [-0.2, -0.15) is 5.10 Å². The van der Waals surface area contributed by atoms with Crippen molar-refractivity contribution in [2.24, 2.45) is 0 Å². The molecule has 0 atom stereocenters. The fraction of sp³-hybridized carbons (Fsp3) is 0.308. The van der Waals surface area contributed by atoms with E-state index in [1.165, 1.54) is 0 Å². The number of halogens is 1. The molecule has 0 amide bonds. The minimum Gasteiger partial charge on any atom is -0.383 e. The second-order valence-electron chi connectivity index (χ2n) is 4.08. The summed E-state index contributed by atoms with van der Waals surface area (Å²) in [5.74, 6) is -0.0691. The molecule has 0 saturated carbocycles. The van der Waals surface area contributed by atoms with Crippen molar-refractivity contribution in [3.63, 3.8) is 0 Å². The lowest BCUT2D eigenvalue weighted by atomic mass is 10.1. The number of carbonyl (C=O) groups excluding carboxylic acids is 1. The van der Waals surface area contributed by atoms with Crippen molar-refractivity contribution in [3.8, 4) is 0 Å². The summed E-state index contributed by atoms with van der Waals surface area (Å²) in [7, 11) is 1.62. The number of rotatable bonds is 5. The molecule has 0 N–H and O–H groups in total. The fourth-order valence-electron chi connectivity index (χ4n) is 1.79. The molecule has 2 rings (SSSR count). The molecule has 2 aromatic heterocycles. The Bertz CT molecular complexity index is 595. The van der Waals surface area contributed by atoms with Crippen molar-refractivity contribution in [1.82, 2.24) is 14.8 Å².